The SMILES string of the molecule is CC(=N)N1CCC(C(C)NCc2cc(C(=O)O)cc(-c3cccc(C(=N)N)c3)c2)CC1.Cl.Cl.O. The fourth-order valence-electron chi connectivity index (χ4n) is 4.13. The second-order valence-corrected chi connectivity index (χ2v) is 8.30. The molecule has 0 aromatic heterocycles. The lowest BCUT2D eigenvalue weighted by Gasteiger charge is -2.35. The second-order valence-electron chi connectivity index (χ2n) is 8.30. The number of nitrogen functional groups attached to an aromatic ring is 1. The Morgan fingerprint density at radius 3 is 2.29 bits per heavy atom. The number of halogens is 2. The van der Waals surface area contributed by atoms with Crippen LogP contribution in [0.5, 0.6) is 0 Å². The summed E-state index contributed by atoms with van der Waals surface area (Å²) in [5.74, 6) is 0.181. The Hall–Kier alpha value is -2.65. The first-order valence-electron chi connectivity index (χ1n) is 10.6. The van der Waals surface area contributed by atoms with Crippen molar-refractivity contribution in [3.63, 3.8) is 0 Å². The van der Waals surface area contributed by atoms with Crippen molar-refractivity contribution in [2.75, 3.05) is 13.1 Å². The molecule has 3 rings (SSSR count). The van der Waals surface area contributed by atoms with Crippen LogP contribution in [0.25, 0.3) is 11.1 Å². The zero-order valence-corrected chi connectivity index (χ0v) is 21.1. The lowest BCUT2D eigenvalue weighted by Crippen LogP contribution is -2.43. The summed E-state index contributed by atoms with van der Waals surface area (Å²) in [6, 6.07) is 12.9. The highest BCUT2D eigenvalue weighted by Crippen LogP contribution is 2.25. The maximum absolute atomic E-state index is 11.7. The Labute approximate surface area is 213 Å². The third kappa shape index (κ3) is 7.99. The normalized spacial score (nSPS) is 14.1. The summed E-state index contributed by atoms with van der Waals surface area (Å²) in [6.07, 6.45) is 2.09. The van der Waals surface area contributed by atoms with E-state index in [1.807, 2.05) is 31.2 Å². The van der Waals surface area contributed by atoms with E-state index in [4.69, 9.17) is 16.6 Å². The minimum absolute atomic E-state index is 0. The second kappa shape index (κ2) is 13.9. The number of benzene rings is 2. The van der Waals surface area contributed by atoms with Crippen molar-refractivity contribution < 1.29 is 15.4 Å². The van der Waals surface area contributed by atoms with Gasteiger partial charge in [0.15, 0.2) is 0 Å². The molecule has 0 spiro atoms. The van der Waals surface area contributed by atoms with E-state index in [9.17, 15) is 9.90 Å². The lowest BCUT2D eigenvalue weighted by molar-refractivity contribution is 0.0696. The molecule has 188 valence electrons. The highest BCUT2D eigenvalue weighted by Gasteiger charge is 2.24. The molecule has 0 saturated carbocycles. The lowest BCUT2D eigenvalue weighted by atomic mass is 9.90. The van der Waals surface area contributed by atoms with E-state index in [0.717, 1.165) is 42.6 Å². The van der Waals surface area contributed by atoms with Crippen molar-refractivity contribution in [3.8, 4) is 11.1 Å². The Morgan fingerprint density at radius 1 is 1.12 bits per heavy atom. The van der Waals surface area contributed by atoms with Crippen LogP contribution in [-0.4, -0.2) is 52.3 Å². The van der Waals surface area contributed by atoms with Crippen molar-refractivity contribution in [2.24, 2.45) is 11.7 Å². The number of hydrogen-bond acceptors (Lipinski definition) is 4. The van der Waals surface area contributed by atoms with Crippen LogP contribution in [0.1, 0.15) is 48.2 Å². The molecular formula is C24H35Cl2N5O3. The molecule has 0 radical (unpaired) electrons. The summed E-state index contributed by atoms with van der Waals surface area (Å²) in [5.41, 5.74) is 8.99. The van der Waals surface area contributed by atoms with E-state index in [0.29, 0.717) is 29.9 Å². The number of aromatic carboxylic acids is 1. The Bertz CT molecular complexity index is 994. The number of nitrogens with two attached hydrogens (primary N) is 1. The molecule has 0 amide bonds. The highest BCUT2D eigenvalue weighted by molar-refractivity contribution is 5.96. The minimum Gasteiger partial charge on any atom is -0.478 e. The van der Waals surface area contributed by atoms with Gasteiger partial charge in [0.05, 0.1) is 11.4 Å². The smallest absolute Gasteiger partial charge is 0.335 e. The zero-order valence-electron chi connectivity index (χ0n) is 19.4. The summed E-state index contributed by atoms with van der Waals surface area (Å²) in [7, 11) is 0. The summed E-state index contributed by atoms with van der Waals surface area (Å²) in [4.78, 5) is 13.8. The van der Waals surface area contributed by atoms with Crippen LogP contribution in [0.2, 0.25) is 0 Å². The maximum atomic E-state index is 11.7. The van der Waals surface area contributed by atoms with Gasteiger partial charge in [0, 0.05) is 31.2 Å². The van der Waals surface area contributed by atoms with Gasteiger partial charge in [0.2, 0.25) is 0 Å². The number of carbonyl (C=O) groups is 1. The largest absolute Gasteiger partial charge is 0.478 e. The van der Waals surface area contributed by atoms with Crippen LogP contribution in [0, 0.1) is 16.7 Å². The highest BCUT2D eigenvalue weighted by atomic mass is 35.5. The number of carboxylic acid groups (broad SMARTS) is 1. The van der Waals surface area contributed by atoms with Gasteiger partial charge in [-0.2, -0.15) is 0 Å². The average molecular weight is 512 g/mol. The molecule has 10 heteroatoms. The number of likely N-dealkylation sites (tertiary alicyclic amines) is 1. The van der Waals surface area contributed by atoms with Gasteiger partial charge in [-0.05, 0) is 73.6 Å². The van der Waals surface area contributed by atoms with Gasteiger partial charge in [-0.1, -0.05) is 18.2 Å². The van der Waals surface area contributed by atoms with Crippen molar-refractivity contribution in [3.05, 3.63) is 59.2 Å². The van der Waals surface area contributed by atoms with Gasteiger partial charge in [0.1, 0.15) is 5.84 Å². The molecule has 1 aliphatic rings. The fourth-order valence-corrected chi connectivity index (χ4v) is 4.13. The molecule has 1 fully saturated rings. The van der Waals surface area contributed by atoms with Crippen LogP contribution in [0.15, 0.2) is 42.5 Å². The van der Waals surface area contributed by atoms with Gasteiger partial charge in [-0.3, -0.25) is 10.8 Å². The van der Waals surface area contributed by atoms with Gasteiger partial charge >= 0.3 is 5.97 Å². The van der Waals surface area contributed by atoms with E-state index >= 15 is 0 Å². The van der Waals surface area contributed by atoms with E-state index < -0.39 is 5.97 Å². The molecule has 1 heterocycles. The van der Waals surface area contributed by atoms with Crippen LogP contribution < -0.4 is 11.1 Å². The number of hydrogen-bond donors (Lipinski definition) is 5. The molecule has 8 N–H and O–H groups in total. The first-order valence-corrected chi connectivity index (χ1v) is 10.6. The van der Waals surface area contributed by atoms with E-state index in [2.05, 4.69) is 17.1 Å². The summed E-state index contributed by atoms with van der Waals surface area (Å²) in [6.45, 7) is 6.41. The predicted octanol–water partition coefficient (Wildman–Crippen LogP) is 3.54. The molecule has 0 bridgehead atoms. The molecule has 2 aromatic rings. The quantitative estimate of drug-likeness (QED) is 0.283. The fraction of sp³-hybridized carbons (Fsp3) is 0.375. The van der Waals surface area contributed by atoms with Crippen LogP contribution in [-0.2, 0) is 6.54 Å². The molecule has 1 saturated heterocycles. The van der Waals surface area contributed by atoms with E-state index in [1.54, 1.807) is 18.2 Å². The number of amidine groups is 2. The number of rotatable bonds is 7. The van der Waals surface area contributed by atoms with Gasteiger partial charge in [0.25, 0.3) is 0 Å². The number of nitrogens with zero attached hydrogens (tertiary/aromatic N) is 1. The molecule has 1 atom stereocenters. The average Bonchev–Trinajstić information content (AvgIpc) is 2.77. The van der Waals surface area contributed by atoms with E-state index in [-0.39, 0.29) is 41.7 Å². The van der Waals surface area contributed by atoms with Crippen LogP contribution in [0.3, 0.4) is 0 Å². The summed E-state index contributed by atoms with van der Waals surface area (Å²) >= 11 is 0. The monoisotopic (exact) mass is 511 g/mol. The maximum Gasteiger partial charge on any atom is 0.335 e. The van der Waals surface area contributed by atoms with E-state index in [1.165, 1.54) is 0 Å². The molecule has 8 nitrogen and oxygen atoms in total. The molecule has 1 unspecified atom stereocenters. The Morgan fingerprint density at radius 2 is 1.74 bits per heavy atom. The van der Waals surface area contributed by atoms with Gasteiger partial charge < -0.3 is 26.5 Å². The van der Waals surface area contributed by atoms with Crippen molar-refractivity contribution in [2.45, 2.75) is 39.3 Å². The molecule has 34 heavy (non-hydrogen) atoms. The topological polar surface area (TPSA) is 158 Å². The molecule has 1 aliphatic heterocycles. The van der Waals surface area contributed by atoms with Crippen LogP contribution in [0.4, 0.5) is 0 Å². The van der Waals surface area contributed by atoms with Crippen molar-refractivity contribution in [1.29, 1.82) is 10.8 Å². The molecular weight excluding hydrogens is 477 g/mol. The summed E-state index contributed by atoms with van der Waals surface area (Å²) < 4.78 is 0. The first kappa shape index (κ1) is 31.4. The Kier molecular flexibility index (Phi) is 12.8. The van der Waals surface area contributed by atoms with Gasteiger partial charge in [-0.15, -0.1) is 24.8 Å². The predicted molar refractivity (Wildman–Crippen MR) is 142 cm³/mol. The molecule has 2 aromatic carbocycles. The number of piperidine rings is 1. The van der Waals surface area contributed by atoms with Gasteiger partial charge in [-0.25, -0.2) is 4.79 Å². The molecule has 0 aliphatic carbocycles. The van der Waals surface area contributed by atoms with Crippen molar-refractivity contribution in [1.82, 2.24) is 10.2 Å². The third-order valence-corrected chi connectivity index (χ3v) is 6.10. The third-order valence-electron chi connectivity index (χ3n) is 6.10. The van der Waals surface area contributed by atoms with Crippen LogP contribution >= 0.6 is 24.8 Å². The number of carboxylic acids is 1. The minimum atomic E-state index is -0.965. The Balaban J connectivity index is 0.00000363. The standard InChI is InChI=1S/C24H31N5O2.2ClH.H2O/c1-15(18-6-8-29(9-7-18)16(2)25)28-14-17-10-21(13-22(11-17)24(30)31)19-4-3-5-20(12-19)23(26)27;;;/h3-5,10-13,15,18,25,28H,6-9,14H2,1-2H3,(H3,26,27)(H,30,31);2*1H;1H2. The zero-order chi connectivity index (χ0) is 22.5. The summed E-state index contributed by atoms with van der Waals surface area (Å²) in [5, 5.41) is 28.6. The first-order chi connectivity index (χ1) is 14.7. The number of nitrogens with one attached hydrogen (secondary N) is 3. The van der Waals surface area contributed by atoms with Crippen molar-refractivity contribution >= 4 is 42.5 Å².